The topological polar surface area (TPSA) is 114 Å². The van der Waals surface area contributed by atoms with Crippen LogP contribution in [-0.4, -0.2) is 72.3 Å². The fraction of sp³-hybridized carbons (Fsp3) is 0.586. The Kier molecular flexibility index (Phi) is 11.8. The van der Waals surface area contributed by atoms with Crippen molar-refractivity contribution < 1.29 is 23.9 Å². The van der Waals surface area contributed by atoms with Crippen molar-refractivity contribution in [2.24, 2.45) is 5.92 Å². The maximum atomic E-state index is 12.8. The molecule has 2 atom stereocenters. The highest BCUT2D eigenvalue weighted by molar-refractivity contribution is 5.85. The summed E-state index contributed by atoms with van der Waals surface area (Å²) < 4.78 is 9.39. The number of rotatable bonds is 6. The fourth-order valence-electron chi connectivity index (χ4n) is 5.89. The number of likely N-dealkylation sites (tertiary alicyclic amines) is 1. The summed E-state index contributed by atoms with van der Waals surface area (Å²) in [5.74, 6) is 0.685. The Bertz CT molecular complexity index is 1050. The molecule has 3 fully saturated rings. The predicted octanol–water partition coefficient (Wildman–Crippen LogP) is 4.24. The Morgan fingerprint density at radius 3 is 2.23 bits per heavy atom. The predicted molar refractivity (Wildman–Crippen MR) is 150 cm³/mol. The summed E-state index contributed by atoms with van der Waals surface area (Å²) in [5.41, 5.74) is 3.56. The van der Waals surface area contributed by atoms with E-state index >= 15 is 0 Å². The third kappa shape index (κ3) is 8.05. The van der Waals surface area contributed by atoms with Crippen molar-refractivity contribution in [2.45, 2.75) is 75.8 Å². The zero-order chi connectivity index (χ0) is 26.9. The summed E-state index contributed by atoms with van der Waals surface area (Å²) in [7, 11) is 2.81. The molecule has 2 aromatic rings. The van der Waals surface area contributed by atoms with Crippen LogP contribution in [-0.2, 0) is 23.9 Å². The Labute approximate surface area is 236 Å². The first kappa shape index (κ1) is 30.6. The molecule has 2 N–H and O–H groups in total. The third-order valence-electron chi connectivity index (χ3n) is 8.10. The van der Waals surface area contributed by atoms with Crippen LogP contribution < -0.4 is 5.32 Å². The van der Waals surface area contributed by atoms with Crippen LogP contribution in [0.15, 0.2) is 36.5 Å². The molecule has 10 heteroatoms. The highest BCUT2D eigenvalue weighted by Gasteiger charge is 2.36. The van der Waals surface area contributed by atoms with E-state index < -0.39 is 0 Å². The first-order chi connectivity index (χ1) is 18.5. The van der Waals surface area contributed by atoms with Crippen molar-refractivity contribution in [3.05, 3.63) is 42.1 Å². The summed E-state index contributed by atoms with van der Waals surface area (Å²) in [5, 5.41) is 10.0. The molecule has 2 aliphatic heterocycles. The second-order valence-corrected chi connectivity index (χ2v) is 10.5. The molecule has 0 unspecified atom stereocenters. The Morgan fingerprint density at radius 1 is 0.923 bits per heavy atom. The summed E-state index contributed by atoms with van der Waals surface area (Å²) >= 11 is 0. The van der Waals surface area contributed by atoms with E-state index in [0.29, 0.717) is 24.8 Å². The number of aromatic nitrogens is 2. The molecule has 0 spiro atoms. The van der Waals surface area contributed by atoms with Gasteiger partial charge in [-0.2, -0.15) is 5.10 Å². The number of benzene rings is 1. The molecule has 0 bridgehead atoms. The quantitative estimate of drug-likeness (QED) is 0.508. The lowest BCUT2D eigenvalue weighted by molar-refractivity contribution is -0.151. The van der Waals surface area contributed by atoms with Crippen LogP contribution in [0.5, 0.6) is 0 Å². The fourth-order valence-corrected chi connectivity index (χ4v) is 5.89. The average Bonchev–Trinajstić information content (AvgIpc) is 3.76. The number of nitrogens with one attached hydrogen (secondary N) is 2. The second-order valence-electron chi connectivity index (χ2n) is 10.5. The lowest BCUT2D eigenvalue weighted by Gasteiger charge is -2.30. The summed E-state index contributed by atoms with van der Waals surface area (Å²) in [6.45, 7) is 1.62. The van der Waals surface area contributed by atoms with Crippen LogP contribution in [0.25, 0.3) is 11.3 Å². The lowest BCUT2D eigenvalue weighted by atomic mass is 9.77. The van der Waals surface area contributed by atoms with Crippen molar-refractivity contribution in [1.29, 1.82) is 0 Å². The minimum atomic E-state index is -0.378. The Morgan fingerprint density at radius 2 is 1.64 bits per heavy atom. The number of amides is 1. The van der Waals surface area contributed by atoms with Crippen LogP contribution in [0.1, 0.15) is 69.3 Å². The van der Waals surface area contributed by atoms with Gasteiger partial charge in [0.15, 0.2) is 0 Å². The molecule has 1 aromatic heterocycles. The Balaban J connectivity index is 0.000000359. The molecule has 39 heavy (non-hydrogen) atoms. The number of hydrogen-bond acceptors (Lipinski definition) is 7. The van der Waals surface area contributed by atoms with Crippen LogP contribution in [0, 0.1) is 5.92 Å². The monoisotopic (exact) mass is 560 g/mol. The van der Waals surface area contributed by atoms with Crippen LogP contribution in [0.4, 0.5) is 0 Å². The number of aromatic amines is 1. The van der Waals surface area contributed by atoms with Gasteiger partial charge in [0.1, 0.15) is 12.1 Å². The molecule has 2 saturated heterocycles. The molecule has 3 aliphatic rings. The van der Waals surface area contributed by atoms with Crippen molar-refractivity contribution in [3.63, 3.8) is 0 Å². The first-order valence-corrected chi connectivity index (χ1v) is 13.8. The normalized spacial score (nSPS) is 24.2. The van der Waals surface area contributed by atoms with Gasteiger partial charge in [-0.1, -0.05) is 24.3 Å². The number of esters is 2. The summed E-state index contributed by atoms with van der Waals surface area (Å²) in [4.78, 5) is 37.1. The van der Waals surface area contributed by atoms with Crippen molar-refractivity contribution in [2.75, 3.05) is 27.3 Å². The highest BCUT2D eigenvalue weighted by Crippen LogP contribution is 2.38. The number of H-pyrrole nitrogens is 1. The van der Waals surface area contributed by atoms with E-state index in [1.54, 1.807) is 11.1 Å². The second kappa shape index (κ2) is 15.0. The minimum absolute atomic E-state index is 0. The van der Waals surface area contributed by atoms with E-state index in [1.807, 2.05) is 6.07 Å². The van der Waals surface area contributed by atoms with Crippen molar-refractivity contribution >= 4 is 30.3 Å². The van der Waals surface area contributed by atoms with Gasteiger partial charge in [-0.05, 0) is 86.9 Å². The number of hydrogen-bond donors (Lipinski definition) is 2. The van der Waals surface area contributed by atoms with Gasteiger partial charge >= 0.3 is 11.9 Å². The molecule has 1 saturated carbocycles. The van der Waals surface area contributed by atoms with Gasteiger partial charge in [0.2, 0.25) is 5.91 Å². The molecule has 214 valence electrons. The smallest absolute Gasteiger partial charge is 0.328 e. The van der Waals surface area contributed by atoms with E-state index in [9.17, 15) is 14.4 Å². The number of ether oxygens (including phenoxy) is 2. The van der Waals surface area contributed by atoms with E-state index in [4.69, 9.17) is 4.74 Å². The zero-order valence-electron chi connectivity index (χ0n) is 22.9. The lowest BCUT2D eigenvalue weighted by Crippen LogP contribution is -2.41. The molecular formula is C29H41ClN4O5. The van der Waals surface area contributed by atoms with E-state index in [2.05, 4.69) is 44.5 Å². The molecule has 1 aliphatic carbocycles. The van der Waals surface area contributed by atoms with E-state index in [-0.39, 0.29) is 42.3 Å². The number of halogens is 1. The standard InChI is InChI=1S/C23H29N3O3.C6H11NO2.ClH/c1-29-23(28)21-3-2-14-26(21)22(27)15-16-4-6-17(7-5-16)18-8-10-19(11-9-18)20-12-13-24-25-20;1-9-6(8)5-3-2-4-7-5;/h8-13,16-17,21H,2-7,14-15H2,1H3,(H,24,25);5,7H,2-4H2,1H3;1H/t16?,17?,21-;5-;/m00./s1. The van der Waals surface area contributed by atoms with Crippen LogP contribution >= 0.6 is 12.4 Å². The maximum absolute atomic E-state index is 12.8. The Hall–Kier alpha value is -2.91. The molecular weight excluding hydrogens is 520 g/mol. The number of carbonyl (C=O) groups excluding carboxylic acids is 3. The molecule has 5 rings (SSSR count). The van der Waals surface area contributed by atoms with Gasteiger partial charge < -0.3 is 19.7 Å². The summed E-state index contributed by atoms with van der Waals surface area (Å²) in [6.07, 6.45) is 10.3. The van der Waals surface area contributed by atoms with Crippen LogP contribution in [0.2, 0.25) is 0 Å². The highest BCUT2D eigenvalue weighted by atomic mass is 35.5. The van der Waals surface area contributed by atoms with Gasteiger partial charge in [0.25, 0.3) is 0 Å². The number of nitrogens with zero attached hydrogens (tertiary/aromatic N) is 2. The SMILES string of the molecule is COC(=O)[C@@H]1CCCN1.COC(=O)[C@@H]1CCCN1C(=O)CC1CCC(c2ccc(-c3ccn[nH]3)cc2)CC1.Cl. The number of carbonyl (C=O) groups is 3. The van der Waals surface area contributed by atoms with Gasteiger partial charge in [0.05, 0.1) is 19.9 Å². The molecule has 1 amide bonds. The van der Waals surface area contributed by atoms with Gasteiger partial charge in [-0.15, -0.1) is 12.4 Å². The summed E-state index contributed by atoms with van der Waals surface area (Å²) in [6, 6.07) is 10.3. The molecule has 0 radical (unpaired) electrons. The van der Waals surface area contributed by atoms with Gasteiger partial charge in [0, 0.05) is 19.2 Å². The average molecular weight is 561 g/mol. The first-order valence-electron chi connectivity index (χ1n) is 13.8. The third-order valence-corrected chi connectivity index (χ3v) is 8.10. The largest absolute Gasteiger partial charge is 0.468 e. The zero-order valence-corrected chi connectivity index (χ0v) is 23.7. The van der Waals surface area contributed by atoms with E-state index in [0.717, 1.165) is 69.2 Å². The number of methoxy groups -OCH3 is 2. The van der Waals surface area contributed by atoms with Gasteiger partial charge in [-0.3, -0.25) is 14.7 Å². The molecule has 3 heterocycles. The van der Waals surface area contributed by atoms with Crippen LogP contribution in [0.3, 0.4) is 0 Å². The van der Waals surface area contributed by atoms with Gasteiger partial charge in [-0.25, -0.2) is 4.79 Å². The maximum Gasteiger partial charge on any atom is 0.328 e. The minimum Gasteiger partial charge on any atom is -0.468 e. The molecule has 9 nitrogen and oxygen atoms in total. The van der Waals surface area contributed by atoms with E-state index in [1.165, 1.54) is 19.8 Å². The van der Waals surface area contributed by atoms with Crippen molar-refractivity contribution in [1.82, 2.24) is 20.4 Å². The molecule has 1 aromatic carbocycles. The van der Waals surface area contributed by atoms with Crippen molar-refractivity contribution in [3.8, 4) is 11.3 Å².